The van der Waals surface area contributed by atoms with Crippen molar-refractivity contribution in [1.82, 2.24) is 10.0 Å². The molecule has 1 saturated carbocycles. The van der Waals surface area contributed by atoms with Gasteiger partial charge in [0.25, 0.3) is 0 Å². The van der Waals surface area contributed by atoms with Gasteiger partial charge in [-0.2, -0.15) is 0 Å². The lowest BCUT2D eigenvalue weighted by atomic mass is 9.95. The molecule has 2 rings (SSSR count). The fraction of sp³-hybridized carbons (Fsp3) is 0.917. The predicted octanol–water partition coefficient (Wildman–Crippen LogP) is 2.10. The maximum atomic E-state index is 11.6. The van der Waals surface area contributed by atoms with Crippen LogP contribution in [0.25, 0.3) is 0 Å². The van der Waals surface area contributed by atoms with Gasteiger partial charge in [0, 0.05) is 13.1 Å². The Hall–Kier alpha value is -0.770. The molecule has 92 valence electrons. The van der Waals surface area contributed by atoms with Crippen molar-refractivity contribution in [3.05, 3.63) is 0 Å². The summed E-state index contributed by atoms with van der Waals surface area (Å²) in [5.41, 5.74) is 5.54. The highest BCUT2D eigenvalue weighted by molar-refractivity contribution is 5.71. The van der Waals surface area contributed by atoms with Gasteiger partial charge in [0.15, 0.2) is 0 Å². The zero-order chi connectivity index (χ0) is 11.4. The summed E-state index contributed by atoms with van der Waals surface area (Å²) in [5.74, 6) is 0. The van der Waals surface area contributed by atoms with E-state index in [1.54, 1.807) is 0 Å². The van der Waals surface area contributed by atoms with Crippen molar-refractivity contribution in [2.24, 2.45) is 5.73 Å². The number of hydrogen-bond donors (Lipinski definition) is 1. The quantitative estimate of drug-likeness (QED) is 0.782. The molecule has 0 unspecified atom stereocenters. The first kappa shape index (κ1) is 11.7. The first-order valence-corrected chi connectivity index (χ1v) is 6.62. The lowest BCUT2D eigenvalue weighted by molar-refractivity contribution is -0.0390. The van der Waals surface area contributed by atoms with E-state index < -0.39 is 0 Å². The molecule has 0 aromatic rings. The van der Waals surface area contributed by atoms with Crippen molar-refractivity contribution < 1.29 is 4.79 Å². The number of hydrogen-bond acceptors (Lipinski definition) is 2. The van der Waals surface area contributed by atoms with Gasteiger partial charge in [-0.1, -0.05) is 25.7 Å². The minimum atomic E-state index is -0.256. The lowest BCUT2D eigenvalue weighted by Gasteiger charge is -2.42. The Kier molecular flexibility index (Phi) is 4.04. The molecule has 0 bridgehead atoms. The number of primary amides is 1. The Labute approximate surface area is 97.7 Å². The predicted molar refractivity (Wildman–Crippen MR) is 63.7 cm³/mol. The monoisotopic (exact) mass is 225 g/mol. The molecule has 1 aliphatic carbocycles. The number of rotatable bonds is 2. The summed E-state index contributed by atoms with van der Waals surface area (Å²) in [5, 5.41) is 4.04. The highest BCUT2D eigenvalue weighted by Crippen LogP contribution is 2.25. The molecule has 4 nitrogen and oxygen atoms in total. The highest BCUT2D eigenvalue weighted by Gasteiger charge is 2.29. The second-order valence-electron chi connectivity index (χ2n) is 4.99. The van der Waals surface area contributed by atoms with Gasteiger partial charge in [0.1, 0.15) is 0 Å². The van der Waals surface area contributed by atoms with Crippen LogP contribution in [0.5, 0.6) is 0 Å². The van der Waals surface area contributed by atoms with E-state index >= 15 is 0 Å². The summed E-state index contributed by atoms with van der Waals surface area (Å²) >= 11 is 0. The Balaban J connectivity index is 1.99. The third-order valence-electron chi connectivity index (χ3n) is 3.78. The normalized spacial score (nSPS) is 24.2. The molecule has 4 heteroatoms. The summed E-state index contributed by atoms with van der Waals surface area (Å²) in [6.07, 6.45) is 9.70. The van der Waals surface area contributed by atoms with Gasteiger partial charge in [-0.3, -0.25) is 5.01 Å². The van der Waals surface area contributed by atoms with Crippen LogP contribution < -0.4 is 5.73 Å². The van der Waals surface area contributed by atoms with Crippen LogP contribution in [0.1, 0.15) is 51.4 Å². The van der Waals surface area contributed by atoms with Gasteiger partial charge in [0.2, 0.25) is 0 Å². The van der Waals surface area contributed by atoms with Crippen molar-refractivity contribution >= 4 is 6.03 Å². The number of piperidine rings is 1. The zero-order valence-corrected chi connectivity index (χ0v) is 10.0. The summed E-state index contributed by atoms with van der Waals surface area (Å²) in [4.78, 5) is 11.6. The summed E-state index contributed by atoms with van der Waals surface area (Å²) < 4.78 is 0. The smallest absolute Gasteiger partial charge is 0.329 e. The van der Waals surface area contributed by atoms with Gasteiger partial charge in [-0.05, 0) is 25.7 Å². The largest absolute Gasteiger partial charge is 0.350 e. The number of carbonyl (C=O) groups is 1. The second-order valence-corrected chi connectivity index (χ2v) is 4.99. The van der Waals surface area contributed by atoms with Crippen molar-refractivity contribution in [3.63, 3.8) is 0 Å². The fourth-order valence-electron chi connectivity index (χ4n) is 2.97. The molecule has 2 N–H and O–H groups in total. The molecular formula is C12H23N3O. The van der Waals surface area contributed by atoms with Crippen LogP contribution in [0.4, 0.5) is 4.79 Å². The van der Waals surface area contributed by atoms with Gasteiger partial charge < -0.3 is 5.73 Å². The molecule has 1 saturated heterocycles. The van der Waals surface area contributed by atoms with Gasteiger partial charge in [-0.15, -0.1) is 0 Å². The summed E-state index contributed by atoms with van der Waals surface area (Å²) in [7, 11) is 0. The van der Waals surface area contributed by atoms with E-state index in [-0.39, 0.29) is 6.03 Å². The average molecular weight is 225 g/mol. The molecule has 0 aromatic heterocycles. The van der Waals surface area contributed by atoms with Gasteiger partial charge in [0.05, 0.1) is 6.04 Å². The Morgan fingerprint density at radius 2 is 1.56 bits per heavy atom. The molecule has 1 aliphatic heterocycles. The number of nitrogens with two attached hydrogens (primary N) is 1. The van der Waals surface area contributed by atoms with E-state index in [4.69, 9.17) is 5.73 Å². The fourth-order valence-corrected chi connectivity index (χ4v) is 2.97. The minimum absolute atomic E-state index is 0.256. The zero-order valence-electron chi connectivity index (χ0n) is 10.0. The highest BCUT2D eigenvalue weighted by atomic mass is 16.2. The van der Waals surface area contributed by atoms with E-state index in [0.29, 0.717) is 6.04 Å². The van der Waals surface area contributed by atoms with Crippen molar-refractivity contribution in [2.75, 3.05) is 13.1 Å². The van der Waals surface area contributed by atoms with Crippen LogP contribution in [0.3, 0.4) is 0 Å². The third kappa shape index (κ3) is 2.67. The van der Waals surface area contributed by atoms with Crippen molar-refractivity contribution in [3.8, 4) is 0 Å². The maximum Gasteiger partial charge on any atom is 0.329 e. The topological polar surface area (TPSA) is 49.6 Å². The lowest BCUT2D eigenvalue weighted by Crippen LogP contribution is -2.56. The average Bonchev–Trinajstić information content (AvgIpc) is 2.31. The molecule has 16 heavy (non-hydrogen) atoms. The van der Waals surface area contributed by atoms with Gasteiger partial charge in [-0.25, -0.2) is 9.80 Å². The molecule has 0 spiro atoms. The van der Waals surface area contributed by atoms with E-state index in [0.717, 1.165) is 25.9 Å². The molecule has 2 aliphatic rings. The minimum Gasteiger partial charge on any atom is -0.350 e. The van der Waals surface area contributed by atoms with Crippen LogP contribution in [-0.4, -0.2) is 35.2 Å². The Bertz CT molecular complexity index is 214. The van der Waals surface area contributed by atoms with Crippen LogP contribution in [0.2, 0.25) is 0 Å². The van der Waals surface area contributed by atoms with E-state index in [2.05, 4.69) is 5.01 Å². The standard InChI is InChI=1S/C12H23N3O/c13-12(16)15(11-7-3-1-4-8-11)14-9-5-2-6-10-14/h11H,1-10H2,(H2,13,16). The number of amides is 2. The SMILES string of the molecule is NC(=O)N(C1CCCCC1)N1CCCCC1. The number of nitrogens with zero attached hydrogens (tertiary/aromatic N) is 2. The third-order valence-corrected chi connectivity index (χ3v) is 3.78. The molecule has 0 atom stereocenters. The molecule has 0 aromatic carbocycles. The number of urea groups is 1. The molecule has 0 radical (unpaired) electrons. The molecular weight excluding hydrogens is 202 g/mol. The van der Waals surface area contributed by atoms with E-state index in [1.165, 1.54) is 38.5 Å². The van der Waals surface area contributed by atoms with Crippen LogP contribution >= 0.6 is 0 Å². The first-order valence-electron chi connectivity index (χ1n) is 6.62. The van der Waals surface area contributed by atoms with E-state index in [9.17, 15) is 4.79 Å². The summed E-state index contributed by atoms with van der Waals surface area (Å²) in [6.45, 7) is 2.00. The van der Waals surface area contributed by atoms with E-state index in [1.807, 2.05) is 5.01 Å². The molecule has 2 amide bonds. The first-order chi connectivity index (χ1) is 7.79. The number of carbonyl (C=O) groups excluding carboxylic acids is 1. The van der Waals surface area contributed by atoms with Crippen molar-refractivity contribution in [1.29, 1.82) is 0 Å². The summed E-state index contributed by atoms with van der Waals surface area (Å²) in [6, 6.07) is 0.109. The van der Waals surface area contributed by atoms with Gasteiger partial charge >= 0.3 is 6.03 Å². The van der Waals surface area contributed by atoms with Crippen molar-refractivity contribution in [2.45, 2.75) is 57.4 Å². The van der Waals surface area contributed by atoms with Crippen LogP contribution in [0.15, 0.2) is 0 Å². The van der Waals surface area contributed by atoms with Crippen LogP contribution in [-0.2, 0) is 0 Å². The number of hydrazine groups is 1. The Morgan fingerprint density at radius 3 is 2.12 bits per heavy atom. The Morgan fingerprint density at radius 1 is 1.00 bits per heavy atom. The molecule has 2 fully saturated rings. The molecule has 1 heterocycles. The second kappa shape index (κ2) is 5.53. The maximum absolute atomic E-state index is 11.6. The van der Waals surface area contributed by atoms with Crippen LogP contribution in [0, 0.1) is 0 Å².